The van der Waals surface area contributed by atoms with Crippen molar-refractivity contribution >= 4 is 16.0 Å². The Hall–Kier alpha value is -2.44. The molecule has 0 saturated carbocycles. The molecular formula is C19H24F3N3O5S. The van der Waals surface area contributed by atoms with Crippen molar-refractivity contribution in [3.63, 3.8) is 0 Å². The Morgan fingerprint density at radius 2 is 2.00 bits per heavy atom. The van der Waals surface area contributed by atoms with Gasteiger partial charge >= 0.3 is 12.1 Å². The molecule has 1 aromatic heterocycles. The second-order valence-corrected chi connectivity index (χ2v) is 8.73. The van der Waals surface area contributed by atoms with Crippen molar-refractivity contribution in [1.29, 1.82) is 0 Å². The van der Waals surface area contributed by atoms with Crippen LogP contribution in [0.1, 0.15) is 29.8 Å². The minimum absolute atomic E-state index is 0.327. The monoisotopic (exact) mass is 463 g/mol. The predicted octanol–water partition coefficient (Wildman–Crippen LogP) is 2.69. The molecule has 1 N–H and O–H groups in total. The Labute approximate surface area is 178 Å². The van der Waals surface area contributed by atoms with Crippen molar-refractivity contribution in [3.8, 4) is 0 Å². The molecule has 1 aliphatic rings. The molecule has 1 aliphatic heterocycles. The molecule has 0 amide bonds. The zero-order chi connectivity index (χ0) is 23.4. The number of alkyl halides is 3. The highest BCUT2D eigenvalue weighted by Gasteiger charge is 2.39. The summed E-state index contributed by atoms with van der Waals surface area (Å²) in [6, 6.07) is 6.68. The third-order valence-corrected chi connectivity index (χ3v) is 6.55. The second kappa shape index (κ2) is 9.79. The van der Waals surface area contributed by atoms with E-state index in [-0.39, 0.29) is 6.04 Å². The van der Waals surface area contributed by atoms with Crippen molar-refractivity contribution in [2.75, 3.05) is 19.8 Å². The number of aryl methyl sites for hydroxylation is 2. The molecule has 2 heterocycles. The molecule has 8 nitrogen and oxygen atoms in total. The first-order chi connectivity index (χ1) is 14.4. The number of carboxylic acids is 1. The average Bonchev–Trinajstić information content (AvgIpc) is 3.07. The SMILES string of the molecule is CCOCC1c2c(cnn2C)CCN1S(=O)(=O)c1cccc(C)c1.O=C(O)C(F)(F)F. The molecule has 0 radical (unpaired) electrons. The third kappa shape index (κ3) is 5.83. The van der Waals surface area contributed by atoms with Gasteiger partial charge in [-0.2, -0.15) is 22.6 Å². The number of fused-ring (bicyclic) bond motifs is 1. The van der Waals surface area contributed by atoms with E-state index in [1.807, 2.05) is 33.2 Å². The Kier molecular flexibility index (Phi) is 7.84. The summed E-state index contributed by atoms with van der Waals surface area (Å²) in [4.78, 5) is 9.22. The standard InChI is InChI=1S/C17H23N3O3S.C2HF3O2/c1-4-23-12-16-17-14(11-18-19(17)3)8-9-20(16)24(21,22)15-7-5-6-13(2)10-15;3-2(4,5)1(6)7/h5-7,10-11,16H,4,8-9,12H2,1-3H3;(H,6,7). The van der Waals surface area contributed by atoms with E-state index in [1.54, 1.807) is 27.2 Å². The first kappa shape index (κ1) is 24.8. The van der Waals surface area contributed by atoms with E-state index in [2.05, 4.69) is 5.10 Å². The molecule has 31 heavy (non-hydrogen) atoms. The highest BCUT2D eigenvalue weighted by Crippen LogP contribution is 2.34. The van der Waals surface area contributed by atoms with Gasteiger partial charge in [0, 0.05) is 20.2 Å². The summed E-state index contributed by atoms with van der Waals surface area (Å²) in [5.41, 5.74) is 2.94. The number of rotatable bonds is 5. The van der Waals surface area contributed by atoms with Gasteiger partial charge in [-0.3, -0.25) is 4.68 Å². The van der Waals surface area contributed by atoms with E-state index >= 15 is 0 Å². The van der Waals surface area contributed by atoms with Crippen LogP contribution >= 0.6 is 0 Å². The minimum Gasteiger partial charge on any atom is -0.475 e. The smallest absolute Gasteiger partial charge is 0.475 e. The van der Waals surface area contributed by atoms with Crippen molar-refractivity contribution in [3.05, 3.63) is 47.3 Å². The van der Waals surface area contributed by atoms with Gasteiger partial charge < -0.3 is 9.84 Å². The van der Waals surface area contributed by atoms with E-state index < -0.39 is 22.2 Å². The number of hydrogen-bond donors (Lipinski definition) is 1. The number of halogens is 3. The molecule has 0 fully saturated rings. The maximum absolute atomic E-state index is 13.2. The minimum atomic E-state index is -5.08. The first-order valence-corrected chi connectivity index (χ1v) is 10.8. The number of hydrogen-bond acceptors (Lipinski definition) is 5. The van der Waals surface area contributed by atoms with Gasteiger partial charge in [-0.1, -0.05) is 12.1 Å². The van der Waals surface area contributed by atoms with Gasteiger partial charge in [0.05, 0.1) is 29.4 Å². The van der Waals surface area contributed by atoms with Crippen LogP contribution in [0.5, 0.6) is 0 Å². The van der Waals surface area contributed by atoms with Crippen LogP contribution in [0, 0.1) is 6.92 Å². The molecule has 1 atom stereocenters. The van der Waals surface area contributed by atoms with Gasteiger partial charge in [-0.15, -0.1) is 0 Å². The number of carboxylic acid groups (broad SMARTS) is 1. The van der Waals surface area contributed by atoms with Gasteiger partial charge in [-0.25, -0.2) is 13.2 Å². The Balaban J connectivity index is 0.000000423. The third-order valence-electron chi connectivity index (χ3n) is 4.65. The lowest BCUT2D eigenvalue weighted by Crippen LogP contribution is -2.42. The summed E-state index contributed by atoms with van der Waals surface area (Å²) in [5, 5.41) is 11.4. The normalized spacial score (nSPS) is 16.9. The van der Waals surface area contributed by atoms with Gasteiger partial charge in [0.2, 0.25) is 10.0 Å². The Morgan fingerprint density at radius 1 is 1.35 bits per heavy atom. The van der Waals surface area contributed by atoms with Crippen LogP contribution in [0.3, 0.4) is 0 Å². The van der Waals surface area contributed by atoms with Crippen molar-refractivity contribution < 1.29 is 36.2 Å². The van der Waals surface area contributed by atoms with Crippen LogP contribution in [0.25, 0.3) is 0 Å². The number of ether oxygens (including phenoxy) is 1. The zero-order valence-electron chi connectivity index (χ0n) is 17.3. The summed E-state index contributed by atoms with van der Waals surface area (Å²) in [6.07, 6.45) is -2.60. The maximum Gasteiger partial charge on any atom is 0.490 e. The summed E-state index contributed by atoms with van der Waals surface area (Å²) in [6.45, 7) is 5.11. The molecule has 12 heteroatoms. The molecule has 1 aromatic carbocycles. The lowest BCUT2D eigenvalue weighted by Gasteiger charge is -2.35. The fourth-order valence-electron chi connectivity index (χ4n) is 3.23. The molecule has 0 bridgehead atoms. The number of carbonyl (C=O) groups is 1. The summed E-state index contributed by atoms with van der Waals surface area (Å²) < 4.78 is 67.0. The van der Waals surface area contributed by atoms with Crippen LogP contribution in [-0.4, -0.2) is 59.5 Å². The van der Waals surface area contributed by atoms with Crippen LogP contribution in [0.15, 0.2) is 35.4 Å². The highest BCUT2D eigenvalue weighted by atomic mass is 32.2. The number of sulfonamides is 1. The largest absolute Gasteiger partial charge is 0.490 e. The molecule has 1 unspecified atom stereocenters. The number of nitrogens with zero attached hydrogens (tertiary/aromatic N) is 3. The average molecular weight is 463 g/mol. The molecule has 3 rings (SSSR count). The Bertz CT molecular complexity index is 1020. The van der Waals surface area contributed by atoms with E-state index in [4.69, 9.17) is 14.6 Å². The molecular weight excluding hydrogens is 439 g/mol. The fourth-order valence-corrected chi connectivity index (χ4v) is 4.91. The zero-order valence-corrected chi connectivity index (χ0v) is 18.1. The van der Waals surface area contributed by atoms with Gasteiger partial charge in [0.1, 0.15) is 0 Å². The second-order valence-electron chi connectivity index (χ2n) is 6.84. The molecule has 0 aliphatic carbocycles. The number of benzene rings is 1. The first-order valence-electron chi connectivity index (χ1n) is 9.36. The lowest BCUT2D eigenvalue weighted by atomic mass is 10.0. The van der Waals surface area contributed by atoms with Crippen LogP contribution in [0.4, 0.5) is 13.2 Å². The summed E-state index contributed by atoms with van der Waals surface area (Å²) in [7, 11) is -1.74. The van der Waals surface area contributed by atoms with Crippen LogP contribution in [-0.2, 0) is 33.0 Å². The van der Waals surface area contributed by atoms with E-state index in [9.17, 15) is 21.6 Å². The topological polar surface area (TPSA) is 102 Å². The molecule has 0 saturated heterocycles. The maximum atomic E-state index is 13.2. The van der Waals surface area contributed by atoms with Crippen molar-refractivity contribution in [2.24, 2.45) is 7.05 Å². The highest BCUT2D eigenvalue weighted by molar-refractivity contribution is 7.89. The van der Waals surface area contributed by atoms with E-state index in [0.29, 0.717) is 31.1 Å². The van der Waals surface area contributed by atoms with Crippen molar-refractivity contribution in [2.45, 2.75) is 37.4 Å². The van der Waals surface area contributed by atoms with Gasteiger partial charge in [0.15, 0.2) is 0 Å². The molecule has 172 valence electrons. The van der Waals surface area contributed by atoms with Gasteiger partial charge in [0.25, 0.3) is 0 Å². The summed E-state index contributed by atoms with van der Waals surface area (Å²) >= 11 is 0. The quantitative estimate of drug-likeness (QED) is 0.732. The predicted molar refractivity (Wildman–Crippen MR) is 105 cm³/mol. The molecule has 2 aromatic rings. The van der Waals surface area contributed by atoms with Gasteiger partial charge in [-0.05, 0) is 43.5 Å². The van der Waals surface area contributed by atoms with E-state index in [0.717, 1.165) is 16.8 Å². The molecule has 0 spiro atoms. The van der Waals surface area contributed by atoms with Crippen LogP contribution < -0.4 is 0 Å². The van der Waals surface area contributed by atoms with Crippen LogP contribution in [0.2, 0.25) is 0 Å². The number of aromatic nitrogens is 2. The summed E-state index contributed by atoms with van der Waals surface area (Å²) in [5.74, 6) is -2.76. The lowest BCUT2D eigenvalue weighted by molar-refractivity contribution is -0.192. The van der Waals surface area contributed by atoms with Crippen molar-refractivity contribution in [1.82, 2.24) is 14.1 Å². The Morgan fingerprint density at radius 3 is 2.55 bits per heavy atom. The van der Waals surface area contributed by atoms with E-state index in [1.165, 1.54) is 0 Å². The number of aliphatic carboxylic acids is 1. The fraction of sp³-hybridized carbons (Fsp3) is 0.474.